The third kappa shape index (κ3) is 4.87. The maximum absolute atomic E-state index is 13.1. The normalized spacial score (nSPS) is 12.4. The molecule has 2 N–H and O–H groups in total. The van der Waals surface area contributed by atoms with Crippen molar-refractivity contribution < 1.29 is 9.13 Å². The fourth-order valence-corrected chi connectivity index (χ4v) is 2.21. The summed E-state index contributed by atoms with van der Waals surface area (Å²) in [7, 11) is 0. The van der Waals surface area contributed by atoms with Gasteiger partial charge >= 0.3 is 0 Å². The van der Waals surface area contributed by atoms with Crippen molar-refractivity contribution in [2.45, 2.75) is 26.3 Å². The molecule has 0 amide bonds. The summed E-state index contributed by atoms with van der Waals surface area (Å²) in [4.78, 5) is 0. The molecule has 0 fully saturated rings. The Kier molecular flexibility index (Phi) is 5.34. The van der Waals surface area contributed by atoms with E-state index in [9.17, 15) is 4.39 Å². The lowest BCUT2D eigenvalue weighted by molar-refractivity contribution is 0.289. The van der Waals surface area contributed by atoms with Crippen LogP contribution in [0.5, 0.6) is 5.75 Å². The number of hydrogen-bond donors (Lipinski definition) is 1. The van der Waals surface area contributed by atoms with Gasteiger partial charge in [0, 0.05) is 6.07 Å². The number of nitrogens with two attached hydrogens (primary N) is 1. The van der Waals surface area contributed by atoms with E-state index in [0.29, 0.717) is 18.3 Å². The molecular weight excluding hydrogens is 265 g/mol. The van der Waals surface area contributed by atoms with Gasteiger partial charge in [0.2, 0.25) is 0 Å². The number of hydrogen-bond acceptors (Lipinski definition) is 2. The molecule has 2 aromatic carbocycles. The van der Waals surface area contributed by atoms with E-state index in [1.54, 1.807) is 12.1 Å². The smallest absolute Gasteiger partial charge is 0.126 e. The van der Waals surface area contributed by atoms with Gasteiger partial charge in [0.25, 0.3) is 0 Å². The van der Waals surface area contributed by atoms with E-state index in [0.717, 1.165) is 12.0 Å². The van der Waals surface area contributed by atoms with Gasteiger partial charge in [0.05, 0.1) is 6.04 Å². The first-order valence-corrected chi connectivity index (χ1v) is 7.27. The Morgan fingerprint density at radius 3 is 2.43 bits per heavy atom. The standard InChI is InChI=1S/C18H22FNO/c1-13(2)10-14-6-8-15(9-7-14)18(20)12-21-17-5-3-4-16(19)11-17/h3-9,11,13,18H,10,12,20H2,1-2H3. The van der Waals surface area contributed by atoms with Crippen LogP contribution in [-0.4, -0.2) is 6.61 Å². The number of ether oxygens (including phenoxy) is 1. The van der Waals surface area contributed by atoms with Crippen molar-refractivity contribution in [2.24, 2.45) is 11.7 Å². The summed E-state index contributed by atoms with van der Waals surface area (Å²) < 4.78 is 18.6. The Hall–Kier alpha value is -1.87. The number of halogens is 1. The minimum atomic E-state index is -0.306. The molecule has 0 aliphatic heterocycles. The van der Waals surface area contributed by atoms with Crippen molar-refractivity contribution in [1.29, 1.82) is 0 Å². The molecule has 3 heteroatoms. The summed E-state index contributed by atoms with van der Waals surface area (Å²) in [5.74, 6) is 0.835. The summed E-state index contributed by atoms with van der Waals surface area (Å²) in [5, 5.41) is 0. The van der Waals surface area contributed by atoms with Crippen LogP contribution < -0.4 is 10.5 Å². The fourth-order valence-electron chi connectivity index (χ4n) is 2.21. The molecule has 0 aliphatic rings. The molecule has 2 nitrogen and oxygen atoms in total. The minimum absolute atomic E-state index is 0.221. The number of benzene rings is 2. The van der Waals surface area contributed by atoms with Crippen LogP contribution in [0.2, 0.25) is 0 Å². The van der Waals surface area contributed by atoms with Crippen LogP contribution in [0.3, 0.4) is 0 Å². The quantitative estimate of drug-likeness (QED) is 0.868. The lowest BCUT2D eigenvalue weighted by atomic mass is 10.00. The minimum Gasteiger partial charge on any atom is -0.492 e. The van der Waals surface area contributed by atoms with Gasteiger partial charge in [-0.25, -0.2) is 4.39 Å². The molecule has 0 bridgehead atoms. The molecule has 0 saturated carbocycles. The van der Waals surface area contributed by atoms with Crippen molar-refractivity contribution in [3.05, 3.63) is 65.5 Å². The van der Waals surface area contributed by atoms with E-state index in [-0.39, 0.29) is 11.9 Å². The summed E-state index contributed by atoms with van der Waals surface area (Å²) in [6.07, 6.45) is 1.06. The lowest BCUT2D eigenvalue weighted by Gasteiger charge is -2.14. The zero-order valence-electron chi connectivity index (χ0n) is 12.6. The molecular formula is C18H22FNO. The van der Waals surface area contributed by atoms with Gasteiger partial charge in [-0.15, -0.1) is 0 Å². The molecule has 0 aromatic heterocycles. The van der Waals surface area contributed by atoms with Gasteiger partial charge in [-0.1, -0.05) is 44.2 Å². The molecule has 0 heterocycles. The predicted molar refractivity (Wildman–Crippen MR) is 83.8 cm³/mol. The molecule has 1 atom stereocenters. The monoisotopic (exact) mass is 287 g/mol. The largest absolute Gasteiger partial charge is 0.492 e. The molecule has 0 radical (unpaired) electrons. The second-order valence-corrected chi connectivity index (χ2v) is 5.71. The van der Waals surface area contributed by atoms with Crippen LogP contribution in [0, 0.1) is 11.7 Å². The highest BCUT2D eigenvalue weighted by molar-refractivity contribution is 5.26. The molecule has 2 aromatic rings. The van der Waals surface area contributed by atoms with E-state index in [1.807, 2.05) is 12.1 Å². The summed E-state index contributed by atoms with van der Waals surface area (Å²) >= 11 is 0. The van der Waals surface area contributed by atoms with E-state index < -0.39 is 0 Å². The van der Waals surface area contributed by atoms with Gasteiger partial charge in [-0.3, -0.25) is 0 Å². The average molecular weight is 287 g/mol. The zero-order valence-corrected chi connectivity index (χ0v) is 12.6. The average Bonchev–Trinajstić information content (AvgIpc) is 2.45. The SMILES string of the molecule is CC(C)Cc1ccc(C(N)COc2cccc(F)c2)cc1. The van der Waals surface area contributed by atoms with Crippen molar-refractivity contribution in [3.63, 3.8) is 0 Å². The van der Waals surface area contributed by atoms with Crippen LogP contribution in [0.1, 0.15) is 31.0 Å². The van der Waals surface area contributed by atoms with Crippen LogP contribution in [-0.2, 0) is 6.42 Å². The Balaban J connectivity index is 1.92. The molecule has 2 rings (SSSR count). The predicted octanol–water partition coefficient (Wildman–Crippen LogP) is 4.10. The van der Waals surface area contributed by atoms with Crippen molar-refractivity contribution in [3.8, 4) is 5.75 Å². The first-order valence-electron chi connectivity index (χ1n) is 7.27. The Morgan fingerprint density at radius 2 is 1.81 bits per heavy atom. The summed E-state index contributed by atoms with van der Waals surface area (Å²) in [6, 6.07) is 14.2. The van der Waals surface area contributed by atoms with E-state index in [2.05, 4.69) is 26.0 Å². The first kappa shape index (κ1) is 15.5. The van der Waals surface area contributed by atoms with Gasteiger partial charge in [0.15, 0.2) is 0 Å². The molecule has 1 unspecified atom stereocenters. The maximum atomic E-state index is 13.1. The Bertz CT molecular complexity index is 566. The van der Waals surface area contributed by atoms with Gasteiger partial charge < -0.3 is 10.5 Å². The van der Waals surface area contributed by atoms with Crippen LogP contribution in [0.4, 0.5) is 4.39 Å². The van der Waals surface area contributed by atoms with E-state index >= 15 is 0 Å². The van der Waals surface area contributed by atoms with Crippen LogP contribution >= 0.6 is 0 Å². The second-order valence-electron chi connectivity index (χ2n) is 5.71. The Labute approximate surface area is 125 Å². The zero-order chi connectivity index (χ0) is 15.2. The van der Waals surface area contributed by atoms with Gasteiger partial charge in [0.1, 0.15) is 18.2 Å². The first-order chi connectivity index (χ1) is 10.0. The van der Waals surface area contributed by atoms with Crippen molar-refractivity contribution in [1.82, 2.24) is 0 Å². The van der Waals surface area contributed by atoms with E-state index in [4.69, 9.17) is 10.5 Å². The summed E-state index contributed by atoms with van der Waals surface area (Å²) in [6.45, 7) is 4.73. The van der Waals surface area contributed by atoms with Crippen molar-refractivity contribution in [2.75, 3.05) is 6.61 Å². The molecule has 0 saturated heterocycles. The van der Waals surface area contributed by atoms with E-state index in [1.165, 1.54) is 17.7 Å². The second kappa shape index (κ2) is 7.23. The highest BCUT2D eigenvalue weighted by Gasteiger charge is 2.08. The topological polar surface area (TPSA) is 35.2 Å². The molecule has 0 aliphatic carbocycles. The molecule has 21 heavy (non-hydrogen) atoms. The fraction of sp³-hybridized carbons (Fsp3) is 0.333. The third-order valence-corrected chi connectivity index (χ3v) is 3.28. The van der Waals surface area contributed by atoms with Crippen molar-refractivity contribution >= 4 is 0 Å². The Morgan fingerprint density at radius 1 is 1.10 bits per heavy atom. The molecule has 0 spiro atoms. The highest BCUT2D eigenvalue weighted by Crippen LogP contribution is 2.17. The molecule has 112 valence electrons. The summed E-state index contributed by atoms with van der Waals surface area (Å²) in [5.41, 5.74) is 8.45. The van der Waals surface area contributed by atoms with Crippen LogP contribution in [0.25, 0.3) is 0 Å². The van der Waals surface area contributed by atoms with Gasteiger partial charge in [-0.2, -0.15) is 0 Å². The maximum Gasteiger partial charge on any atom is 0.126 e. The van der Waals surface area contributed by atoms with Crippen LogP contribution in [0.15, 0.2) is 48.5 Å². The highest BCUT2D eigenvalue weighted by atomic mass is 19.1. The number of rotatable bonds is 6. The van der Waals surface area contributed by atoms with Gasteiger partial charge in [-0.05, 0) is 35.6 Å². The lowest BCUT2D eigenvalue weighted by Crippen LogP contribution is -2.19. The third-order valence-electron chi connectivity index (χ3n) is 3.28.